The molecular weight excluding hydrogens is 432 g/mol. The molecule has 8 heteroatoms. The Labute approximate surface area is 198 Å². The summed E-state index contributed by atoms with van der Waals surface area (Å²) < 4.78 is 11.6. The average molecular weight is 463 g/mol. The Morgan fingerprint density at radius 1 is 0.912 bits per heavy atom. The molecule has 2 saturated heterocycles. The first-order chi connectivity index (χ1) is 16.5. The highest BCUT2D eigenvalue weighted by Gasteiger charge is 2.22. The number of carbonyl (C=O) groups excluding carboxylic acids is 1. The van der Waals surface area contributed by atoms with Crippen molar-refractivity contribution in [1.29, 1.82) is 0 Å². The summed E-state index contributed by atoms with van der Waals surface area (Å²) in [5, 5.41) is 3.46. The van der Waals surface area contributed by atoms with Crippen molar-refractivity contribution in [3.05, 3.63) is 64.0 Å². The smallest absolute Gasteiger partial charge is 0.291 e. The first-order valence-corrected chi connectivity index (χ1v) is 11.7. The van der Waals surface area contributed by atoms with Gasteiger partial charge in [0.15, 0.2) is 16.8 Å². The number of morpholine rings is 1. The fourth-order valence-electron chi connectivity index (χ4n) is 4.62. The Bertz CT molecular complexity index is 1260. The van der Waals surface area contributed by atoms with Crippen LogP contribution in [-0.4, -0.2) is 70.3 Å². The predicted octanol–water partition coefficient (Wildman–Crippen LogP) is 2.94. The van der Waals surface area contributed by atoms with Crippen LogP contribution in [0.5, 0.6) is 0 Å². The lowest BCUT2D eigenvalue weighted by atomic mass is 10.1. The summed E-state index contributed by atoms with van der Waals surface area (Å²) in [6.45, 7) is 8.31. The summed E-state index contributed by atoms with van der Waals surface area (Å²) in [6, 6.07) is 12.8. The van der Waals surface area contributed by atoms with Gasteiger partial charge in [-0.2, -0.15) is 0 Å². The van der Waals surface area contributed by atoms with E-state index in [9.17, 15) is 9.59 Å². The van der Waals surface area contributed by atoms with E-state index in [4.69, 9.17) is 9.15 Å². The Balaban J connectivity index is 1.49. The van der Waals surface area contributed by atoms with Crippen molar-refractivity contribution >= 4 is 33.9 Å². The van der Waals surface area contributed by atoms with E-state index in [2.05, 4.69) is 27.1 Å². The number of fused-ring (bicyclic) bond motifs is 1. The Morgan fingerprint density at radius 3 is 2.38 bits per heavy atom. The molecule has 0 unspecified atom stereocenters. The van der Waals surface area contributed by atoms with Gasteiger partial charge >= 0.3 is 0 Å². The van der Waals surface area contributed by atoms with Gasteiger partial charge in [0.1, 0.15) is 0 Å². The predicted molar refractivity (Wildman–Crippen MR) is 134 cm³/mol. The second-order valence-electron chi connectivity index (χ2n) is 9.00. The number of aryl methyl sites for hydroxylation is 1. The van der Waals surface area contributed by atoms with E-state index in [0.29, 0.717) is 29.9 Å². The summed E-state index contributed by atoms with van der Waals surface area (Å²) in [4.78, 5) is 32.9. The molecule has 1 amide bonds. The molecule has 0 aliphatic carbocycles. The molecule has 8 nitrogen and oxygen atoms in total. The minimum absolute atomic E-state index is 0.00788. The van der Waals surface area contributed by atoms with Gasteiger partial charge in [0.05, 0.1) is 35.7 Å². The molecule has 3 aromatic rings. The van der Waals surface area contributed by atoms with Crippen molar-refractivity contribution in [3.63, 3.8) is 0 Å². The molecular formula is C26H30N4O4. The van der Waals surface area contributed by atoms with Gasteiger partial charge in [-0.1, -0.05) is 12.1 Å². The minimum Gasteiger partial charge on any atom is -0.448 e. The second-order valence-corrected chi connectivity index (χ2v) is 9.00. The number of para-hydroxylation sites is 2. The monoisotopic (exact) mass is 462 g/mol. The Hall–Kier alpha value is -3.36. The van der Waals surface area contributed by atoms with E-state index in [1.54, 1.807) is 0 Å². The lowest BCUT2D eigenvalue weighted by Gasteiger charge is -2.34. The van der Waals surface area contributed by atoms with E-state index < -0.39 is 5.91 Å². The van der Waals surface area contributed by atoms with Gasteiger partial charge in [0.25, 0.3) is 5.91 Å². The first-order valence-electron chi connectivity index (χ1n) is 11.7. The quantitative estimate of drug-likeness (QED) is 0.639. The standard InChI is InChI=1S/C26H30N4O4/c1-18-15-19-23(31)17-24(34-25(19)22(16-18)29-9-7-28(2)8-10-29)26(32)27-20-5-3-4-6-21(20)30-11-13-33-14-12-30/h3-6,15-17H,7-14H2,1-2H3,(H,27,32). The number of hydrogen-bond donors (Lipinski definition) is 1. The van der Waals surface area contributed by atoms with Crippen LogP contribution in [0.2, 0.25) is 0 Å². The van der Waals surface area contributed by atoms with E-state index in [0.717, 1.165) is 56.2 Å². The third-order valence-electron chi connectivity index (χ3n) is 6.53. The maximum Gasteiger partial charge on any atom is 0.291 e. The van der Waals surface area contributed by atoms with E-state index in [1.807, 2.05) is 43.3 Å². The van der Waals surface area contributed by atoms with Gasteiger partial charge in [-0.25, -0.2) is 0 Å². The molecule has 178 valence electrons. The number of hydrogen-bond acceptors (Lipinski definition) is 7. The molecule has 0 atom stereocenters. The molecule has 0 spiro atoms. The normalized spacial score (nSPS) is 17.2. The van der Waals surface area contributed by atoms with Crippen LogP contribution in [0.15, 0.2) is 51.7 Å². The minimum atomic E-state index is -0.440. The molecule has 2 aliphatic heterocycles. The zero-order valence-corrected chi connectivity index (χ0v) is 19.7. The van der Waals surface area contributed by atoms with Crippen LogP contribution in [0.3, 0.4) is 0 Å². The highest BCUT2D eigenvalue weighted by Crippen LogP contribution is 2.30. The van der Waals surface area contributed by atoms with Crippen molar-refractivity contribution in [1.82, 2.24) is 4.90 Å². The molecule has 2 aliphatic rings. The van der Waals surface area contributed by atoms with Gasteiger partial charge in [-0.05, 0) is 43.8 Å². The maximum atomic E-state index is 13.2. The number of rotatable bonds is 4. The highest BCUT2D eigenvalue weighted by atomic mass is 16.5. The number of nitrogens with one attached hydrogen (secondary N) is 1. The van der Waals surface area contributed by atoms with Crippen LogP contribution in [-0.2, 0) is 4.74 Å². The average Bonchev–Trinajstić information content (AvgIpc) is 2.85. The first kappa shape index (κ1) is 22.4. The highest BCUT2D eigenvalue weighted by molar-refractivity contribution is 6.05. The molecule has 2 fully saturated rings. The second kappa shape index (κ2) is 9.48. The van der Waals surface area contributed by atoms with Gasteiger partial charge in [0.2, 0.25) is 0 Å². The van der Waals surface area contributed by atoms with Crippen LogP contribution in [0.1, 0.15) is 16.1 Å². The summed E-state index contributed by atoms with van der Waals surface area (Å²) in [5.41, 5.74) is 3.71. The van der Waals surface area contributed by atoms with Crippen molar-refractivity contribution in [2.24, 2.45) is 0 Å². The number of carbonyl (C=O) groups is 1. The zero-order chi connectivity index (χ0) is 23.7. The van der Waals surface area contributed by atoms with Crippen LogP contribution < -0.4 is 20.5 Å². The summed E-state index contributed by atoms with van der Waals surface area (Å²) in [5.74, 6) is -0.432. The fraction of sp³-hybridized carbons (Fsp3) is 0.385. The molecule has 3 heterocycles. The number of ether oxygens (including phenoxy) is 1. The van der Waals surface area contributed by atoms with Crippen LogP contribution in [0, 0.1) is 6.92 Å². The summed E-state index contributed by atoms with van der Waals surface area (Å²) >= 11 is 0. The maximum absolute atomic E-state index is 13.2. The Kier molecular flexibility index (Phi) is 6.26. The summed E-state index contributed by atoms with van der Waals surface area (Å²) in [7, 11) is 2.10. The van der Waals surface area contributed by atoms with Gasteiger partial charge in [-0.3, -0.25) is 9.59 Å². The fourth-order valence-corrected chi connectivity index (χ4v) is 4.62. The molecule has 1 N–H and O–H groups in total. The van der Waals surface area contributed by atoms with Crippen LogP contribution in [0.4, 0.5) is 17.1 Å². The number of nitrogens with zero attached hydrogens (tertiary/aromatic N) is 3. The van der Waals surface area contributed by atoms with Crippen molar-refractivity contribution in [2.75, 3.05) is 74.6 Å². The SMILES string of the molecule is Cc1cc(N2CCN(C)CC2)c2oc(C(=O)Nc3ccccc3N3CCOCC3)cc(=O)c2c1. The molecule has 34 heavy (non-hydrogen) atoms. The molecule has 0 saturated carbocycles. The topological polar surface area (TPSA) is 78.3 Å². The third-order valence-corrected chi connectivity index (χ3v) is 6.53. The zero-order valence-electron chi connectivity index (χ0n) is 19.7. The van der Waals surface area contributed by atoms with Crippen molar-refractivity contribution in [3.8, 4) is 0 Å². The van der Waals surface area contributed by atoms with Gasteiger partial charge in [-0.15, -0.1) is 0 Å². The number of anilines is 3. The van der Waals surface area contributed by atoms with Crippen LogP contribution >= 0.6 is 0 Å². The molecule has 1 aromatic heterocycles. The molecule has 0 radical (unpaired) electrons. The summed E-state index contributed by atoms with van der Waals surface area (Å²) in [6.07, 6.45) is 0. The van der Waals surface area contributed by atoms with Crippen LogP contribution in [0.25, 0.3) is 11.0 Å². The molecule has 2 aromatic carbocycles. The van der Waals surface area contributed by atoms with Crippen molar-refractivity contribution in [2.45, 2.75) is 6.92 Å². The van der Waals surface area contributed by atoms with E-state index >= 15 is 0 Å². The number of benzene rings is 2. The van der Waals surface area contributed by atoms with Gasteiger partial charge in [0, 0.05) is 45.3 Å². The van der Waals surface area contributed by atoms with E-state index in [1.165, 1.54) is 6.07 Å². The third kappa shape index (κ3) is 4.51. The Morgan fingerprint density at radius 2 is 1.62 bits per heavy atom. The molecule has 5 rings (SSSR count). The number of likely N-dealkylation sites (N-methyl/N-ethyl adjacent to an activating group) is 1. The number of piperazine rings is 1. The van der Waals surface area contributed by atoms with Crippen molar-refractivity contribution < 1.29 is 13.9 Å². The lowest BCUT2D eigenvalue weighted by molar-refractivity contribution is 0.0997. The largest absolute Gasteiger partial charge is 0.448 e. The van der Waals surface area contributed by atoms with Gasteiger partial charge < -0.3 is 29.2 Å². The number of amides is 1. The van der Waals surface area contributed by atoms with E-state index in [-0.39, 0.29) is 11.2 Å². The molecule has 0 bridgehead atoms. The lowest BCUT2D eigenvalue weighted by Crippen LogP contribution is -2.44.